The highest BCUT2D eigenvalue weighted by atomic mass is 35.5. The van der Waals surface area contributed by atoms with Crippen molar-refractivity contribution >= 4 is 45.6 Å². The summed E-state index contributed by atoms with van der Waals surface area (Å²) < 4.78 is 17.0. The van der Waals surface area contributed by atoms with Crippen molar-refractivity contribution in [1.29, 1.82) is 0 Å². The van der Waals surface area contributed by atoms with E-state index in [4.69, 9.17) is 9.47 Å². The molecule has 1 aliphatic rings. The average molecular weight is 552 g/mol. The van der Waals surface area contributed by atoms with Gasteiger partial charge in [0.15, 0.2) is 12.4 Å². The van der Waals surface area contributed by atoms with Crippen LogP contribution in [0.25, 0.3) is 20.5 Å². The summed E-state index contributed by atoms with van der Waals surface area (Å²) in [6.45, 7) is 3.76. The van der Waals surface area contributed by atoms with Crippen LogP contribution in [-0.2, 0) is 9.53 Å². The molecule has 8 heteroatoms. The first-order chi connectivity index (χ1) is 18.1. The molecular formula is C30H30ClNO5S. The van der Waals surface area contributed by atoms with Crippen LogP contribution in [0.15, 0.2) is 72.8 Å². The molecule has 0 radical (unpaired) electrons. The lowest BCUT2D eigenvalue weighted by Crippen LogP contribution is -2.25. The van der Waals surface area contributed by atoms with Gasteiger partial charge in [0.1, 0.15) is 18.1 Å². The summed E-state index contributed by atoms with van der Waals surface area (Å²) in [7, 11) is 1.31. The molecule has 1 fully saturated rings. The summed E-state index contributed by atoms with van der Waals surface area (Å²) in [5.41, 5.74) is 2.22. The van der Waals surface area contributed by atoms with E-state index in [0.717, 1.165) is 45.9 Å². The Kier molecular flexibility index (Phi) is 9.39. The molecule has 0 bridgehead atoms. The SMILES string of the molecule is COC(=O)COc1ccc(C(=O)c2c(-c3ccc(OCCN4CCCC4)cc3)sc3ccccc23)cc1.Cl. The second-order valence-electron chi connectivity index (χ2n) is 8.94. The normalized spacial score (nSPS) is 13.2. The number of ether oxygens (including phenoxy) is 3. The van der Waals surface area contributed by atoms with Gasteiger partial charge in [-0.25, -0.2) is 4.79 Å². The molecule has 0 saturated carbocycles. The third kappa shape index (κ3) is 6.35. The van der Waals surface area contributed by atoms with Gasteiger partial charge < -0.3 is 14.2 Å². The lowest BCUT2D eigenvalue weighted by molar-refractivity contribution is -0.142. The maximum atomic E-state index is 13.7. The Morgan fingerprint density at radius 1 is 0.868 bits per heavy atom. The molecule has 0 aliphatic carbocycles. The van der Waals surface area contributed by atoms with Crippen molar-refractivity contribution in [1.82, 2.24) is 4.90 Å². The van der Waals surface area contributed by atoms with Crippen molar-refractivity contribution in [2.75, 3.05) is 40.0 Å². The number of thiophene rings is 1. The van der Waals surface area contributed by atoms with Gasteiger partial charge in [-0.1, -0.05) is 18.2 Å². The van der Waals surface area contributed by atoms with Crippen LogP contribution in [0, 0.1) is 0 Å². The minimum atomic E-state index is -0.461. The van der Waals surface area contributed by atoms with E-state index in [1.54, 1.807) is 35.6 Å². The largest absolute Gasteiger partial charge is 0.492 e. The zero-order valence-electron chi connectivity index (χ0n) is 21.2. The van der Waals surface area contributed by atoms with Gasteiger partial charge in [-0.2, -0.15) is 0 Å². The molecule has 3 aromatic carbocycles. The number of hydrogen-bond acceptors (Lipinski definition) is 7. The van der Waals surface area contributed by atoms with E-state index < -0.39 is 5.97 Å². The van der Waals surface area contributed by atoms with Gasteiger partial charge in [0.05, 0.1) is 7.11 Å². The minimum Gasteiger partial charge on any atom is -0.492 e. The summed E-state index contributed by atoms with van der Waals surface area (Å²) in [5, 5.41) is 0.935. The third-order valence-corrected chi connectivity index (χ3v) is 7.73. The van der Waals surface area contributed by atoms with E-state index in [1.807, 2.05) is 48.5 Å². The van der Waals surface area contributed by atoms with Crippen molar-refractivity contribution in [3.63, 3.8) is 0 Å². The Balaban J connectivity index is 0.00000336. The first kappa shape index (κ1) is 27.6. The fourth-order valence-electron chi connectivity index (χ4n) is 4.52. The molecule has 0 spiro atoms. The van der Waals surface area contributed by atoms with E-state index in [0.29, 0.717) is 23.5 Å². The van der Waals surface area contributed by atoms with Crippen LogP contribution in [0.1, 0.15) is 28.8 Å². The van der Waals surface area contributed by atoms with Crippen LogP contribution >= 0.6 is 23.7 Å². The van der Waals surface area contributed by atoms with E-state index in [9.17, 15) is 9.59 Å². The van der Waals surface area contributed by atoms with E-state index in [1.165, 1.54) is 20.0 Å². The van der Waals surface area contributed by atoms with Gasteiger partial charge >= 0.3 is 5.97 Å². The lowest BCUT2D eigenvalue weighted by atomic mass is 9.97. The molecule has 0 amide bonds. The van der Waals surface area contributed by atoms with Crippen molar-refractivity contribution in [3.05, 3.63) is 83.9 Å². The zero-order chi connectivity index (χ0) is 25.6. The van der Waals surface area contributed by atoms with Gasteiger partial charge in [-0.3, -0.25) is 9.69 Å². The number of halogens is 1. The number of ketones is 1. The number of carbonyl (C=O) groups is 2. The Hall–Kier alpha value is -3.39. The third-order valence-electron chi connectivity index (χ3n) is 6.51. The van der Waals surface area contributed by atoms with E-state index in [2.05, 4.69) is 9.64 Å². The average Bonchev–Trinajstić information content (AvgIpc) is 3.60. The number of hydrogen-bond donors (Lipinski definition) is 0. The highest BCUT2D eigenvalue weighted by Gasteiger charge is 2.21. The minimum absolute atomic E-state index is 0. The molecule has 38 heavy (non-hydrogen) atoms. The monoisotopic (exact) mass is 551 g/mol. The molecule has 5 rings (SSSR count). The van der Waals surface area contributed by atoms with Crippen molar-refractivity contribution in [3.8, 4) is 21.9 Å². The van der Waals surface area contributed by atoms with Crippen LogP contribution < -0.4 is 9.47 Å². The number of carbonyl (C=O) groups excluding carboxylic acids is 2. The highest BCUT2D eigenvalue weighted by Crippen LogP contribution is 2.40. The molecule has 198 valence electrons. The smallest absolute Gasteiger partial charge is 0.343 e. The van der Waals surface area contributed by atoms with Crippen molar-refractivity contribution < 1.29 is 23.8 Å². The van der Waals surface area contributed by atoms with Gasteiger partial charge in [0.2, 0.25) is 0 Å². The molecule has 4 aromatic rings. The highest BCUT2D eigenvalue weighted by molar-refractivity contribution is 7.22. The Morgan fingerprint density at radius 2 is 1.53 bits per heavy atom. The summed E-state index contributed by atoms with van der Waals surface area (Å²) in [4.78, 5) is 28.4. The quantitative estimate of drug-likeness (QED) is 0.171. The molecule has 6 nitrogen and oxygen atoms in total. The summed E-state index contributed by atoms with van der Waals surface area (Å²) in [6, 6.07) is 22.8. The maximum Gasteiger partial charge on any atom is 0.343 e. The first-order valence-corrected chi connectivity index (χ1v) is 13.3. The van der Waals surface area contributed by atoms with E-state index >= 15 is 0 Å². The number of nitrogens with zero attached hydrogens (tertiary/aromatic N) is 1. The topological polar surface area (TPSA) is 65.1 Å². The lowest BCUT2D eigenvalue weighted by Gasteiger charge is -2.15. The molecule has 1 aliphatic heterocycles. The van der Waals surface area contributed by atoms with Crippen LogP contribution in [0.3, 0.4) is 0 Å². The van der Waals surface area contributed by atoms with Gasteiger partial charge in [0.25, 0.3) is 0 Å². The maximum absolute atomic E-state index is 13.7. The summed E-state index contributed by atoms with van der Waals surface area (Å²) in [6.07, 6.45) is 2.55. The Bertz CT molecular complexity index is 1380. The molecule has 0 N–H and O–H groups in total. The number of methoxy groups -OCH3 is 1. The second kappa shape index (κ2) is 12.9. The van der Waals surface area contributed by atoms with Crippen molar-refractivity contribution in [2.45, 2.75) is 12.8 Å². The predicted octanol–water partition coefficient (Wildman–Crippen LogP) is 6.25. The van der Waals surface area contributed by atoms with Gasteiger partial charge in [-0.15, -0.1) is 23.7 Å². The fourth-order valence-corrected chi connectivity index (χ4v) is 5.73. The predicted molar refractivity (Wildman–Crippen MR) is 153 cm³/mol. The number of likely N-dealkylation sites (tertiary alicyclic amines) is 1. The van der Waals surface area contributed by atoms with Crippen LogP contribution in [0.2, 0.25) is 0 Å². The number of rotatable bonds is 10. The standard InChI is InChI=1S/C30H29NO5S.ClH/c1-34-27(32)20-36-24-12-8-21(9-13-24)29(33)28-25-6-2-3-7-26(25)37-30(28)22-10-14-23(15-11-22)35-19-18-31-16-4-5-17-31;/h2-3,6-15H,4-5,16-20H2,1H3;1H. The Morgan fingerprint density at radius 3 is 2.24 bits per heavy atom. The molecule has 1 aromatic heterocycles. The molecule has 1 saturated heterocycles. The summed E-state index contributed by atoms with van der Waals surface area (Å²) in [5.74, 6) is 0.813. The van der Waals surface area contributed by atoms with Gasteiger partial charge in [0, 0.05) is 32.6 Å². The zero-order valence-corrected chi connectivity index (χ0v) is 22.8. The van der Waals surface area contributed by atoms with Crippen LogP contribution in [-0.4, -0.2) is 56.6 Å². The molecule has 0 unspecified atom stereocenters. The van der Waals surface area contributed by atoms with Gasteiger partial charge in [-0.05, 0) is 86.1 Å². The number of esters is 1. The molecular weight excluding hydrogens is 522 g/mol. The Labute approximate surface area is 232 Å². The number of benzene rings is 3. The molecule has 0 atom stereocenters. The van der Waals surface area contributed by atoms with Crippen LogP contribution in [0.4, 0.5) is 0 Å². The molecule has 2 heterocycles. The fraction of sp³-hybridized carbons (Fsp3) is 0.267. The second-order valence-corrected chi connectivity index (χ2v) is 9.99. The summed E-state index contributed by atoms with van der Waals surface area (Å²) >= 11 is 1.61. The number of fused-ring (bicyclic) bond motifs is 1. The van der Waals surface area contributed by atoms with Crippen molar-refractivity contribution in [2.24, 2.45) is 0 Å². The van der Waals surface area contributed by atoms with E-state index in [-0.39, 0.29) is 24.8 Å². The van der Waals surface area contributed by atoms with Crippen LogP contribution in [0.5, 0.6) is 11.5 Å². The first-order valence-electron chi connectivity index (χ1n) is 12.4.